The number of nitrogens with zero attached hydrogens (tertiary/aromatic N) is 1. The highest BCUT2D eigenvalue weighted by molar-refractivity contribution is 7.17. The highest BCUT2D eigenvalue weighted by Gasteiger charge is 2.19. The molecule has 1 N–H and O–H groups in total. The zero-order valence-corrected chi connectivity index (χ0v) is 12.8. The molecule has 0 spiro atoms. The number of amides is 1. The molecule has 1 aromatic heterocycles. The Kier molecular flexibility index (Phi) is 5.05. The first-order valence-electron chi connectivity index (χ1n) is 6.23. The van der Waals surface area contributed by atoms with Crippen molar-refractivity contribution < 1.29 is 14.3 Å². The second-order valence-electron chi connectivity index (χ2n) is 5.23. The molecule has 0 aliphatic heterocycles. The third-order valence-corrected chi connectivity index (χ3v) is 3.23. The Morgan fingerprint density at radius 1 is 1.37 bits per heavy atom. The molecule has 1 rings (SSSR count). The summed E-state index contributed by atoms with van der Waals surface area (Å²) in [6, 6.07) is 0. The molecular weight excluding hydrogens is 264 g/mol. The number of aromatic nitrogens is 1. The summed E-state index contributed by atoms with van der Waals surface area (Å²) in [5.41, 5.74) is 0.183. The van der Waals surface area contributed by atoms with E-state index in [1.165, 1.54) is 18.3 Å². The number of Topliss-reactive ketones (excluding diaryl/α,β-unsaturated/α-hetero) is 1. The van der Waals surface area contributed by atoms with Crippen LogP contribution in [0.3, 0.4) is 0 Å². The van der Waals surface area contributed by atoms with E-state index in [-0.39, 0.29) is 5.78 Å². The molecule has 6 heteroatoms. The van der Waals surface area contributed by atoms with Crippen LogP contribution in [-0.4, -0.2) is 22.5 Å². The van der Waals surface area contributed by atoms with Gasteiger partial charge in [-0.05, 0) is 27.2 Å². The van der Waals surface area contributed by atoms with Crippen molar-refractivity contribution in [3.8, 4) is 0 Å². The number of thiazole rings is 1. The Balaban J connectivity index is 2.82. The molecule has 0 radical (unpaired) electrons. The highest BCUT2D eigenvalue weighted by atomic mass is 32.1. The van der Waals surface area contributed by atoms with Crippen molar-refractivity contribution >= 4 is 28.3 Å². The summed E-state index contributed by atoms with van der Waals surface area (Å²) in [5.74, 6) is -0.0295. The Morgan fingerprint density at radius 2 is 2.00 bits per heavy atom. The molecule has 1 heterocycles. The number of aryl methyl sites for hydroxylation is 1. The second-order valence-corrected chi connectivity index (χ2v) is 6.23. The van der Waals surface area contributed by atoms with Crippen LogP contribution in [0.4, 0.5) is 9.93 Å². The van der Waals surface area contributed by atoms with E-state index in [0.29, 0.717) is 10.0 Å². The van der Waals surface area contributed by atoms with Crippen molar-refractivity contribution in [2.45, 2.75) is 53.1 Å². The summed E-state index contributed by atoms with van der Waals surface area (Å²) < 4.78 is 5.14. The number of ether oxygens (including phenoxy) is 1. The van der Waals surface area contributed by atoms with Crippen LogP contribution in [-0.2, 0) is 11.2 Å². The molecular formula is C13H20N2O3S. The maximum Gasteiger partial charge on any atom is 0.413 e. The summed E-state index contributed by atoms with van der Waals surface area (Å²) in [7, 11) is 0. The SMILES string of the molecule is CCCc1nc(NC(=O)OC(C)(C)C)sc1C(C)=O. The molecule has 0 aromatic carbocycles. The lowest BCUT2D eigenvalue weighted by molar-refractivity contribution is 0.0635. The zero-order valence-electron chi connectivity index (χ0n) is 12.0. The van der Waals surface area contributed by atoms with Gasteiger partial charge in [0.2, 0.25) is 0 Å². The van der Waals surface area contributed by atoms with Crippen molar-refractivity contribution in [1.82, 2.24) is 4.98 Å². The number of ketones is 1. The van der Waals surface area contributed by atoms with E-state index >= 15 is 0 Å². The third kappa shape index (κ3) is 4.98. The average molecular weight is 284 g/mol. The van der Waals surface area contributed by atoms with Crippen LogP contribution in [0.2, 0.25) is 0 Å². The Morgan fingerprint density at radius 3 is 2.47 bits per heavy atom. The standard InChI is InChI=1S/C13H20N2O3S/c1-6-7-9-10(8(2)16)19-11(14-9)15-12(17)18-13(3,4)5/h6-7H2,1-5H3,(H,14,15,17). The first-order valence-corrected chi connectivity index (χ1v) is 7.05. The van der Waals surface area contributed by atoms with Crippen LogP contribution < -0.4 is 5.32 Å². The number of rotatable bonds is 4. The van der Waals surface area contributed by atoms with Crippen LogP contribution in [0.1, 0.15) is 56.4 Å². The summed E-state index contributed by atoms with van der Waals surface area (Å²) in [6.45, 7) is 8.89. The van der Waals surface area contributed by atoms with Crippen LogP contribution in [0.5, 0.6) is 0 Å². The predicted octanol–water partition coefficient (Wildman–Crippen LogP) is 3.65. The van der Waals surface area contributed by atoms with Crippen molar-refractivity contribution in [3.05, 3.63) is 10.6 Å². The predicted molar refractivity (Wildman–Crippen MR) is 76.0 cm³/mol. The Bertz CT molecular complexity index is 475. The number of hydrogen-bond acceptors (Lipinski definition) is 5. The van der Waals surface area contributed by atoms with Crippen LogP contribution in [0.15, 0.2) is 0 Å². The number of nitrogens with one attached hydrogen (secondary N) is 1. The lowest BCUT2D eigenvalue weighted by Gasteiger charge is -2.18. The van der Waals surface area contributed by atoms with Crippen LogP contribution in [0.25, 0.3) is 0 Å². The highest BCUT2D eigenvalue weighted by Crippen LogP contribution is 2.25. The zero-order chi connectivity index (χ0) is 14.6. The topological polar surface area (TPSA) is 68.3 Å². The van der Waals surface area contributed by atoms with Gasteiger partial charge in [-0.15, -0.1) is 0 Å². The molecule has 0 fully saturated rings. The van der Waals surface area contributed by atoms with E-state index in [0.717, 1.165) is 18.5 Å². The number of hydrogen-bond donors (Lipinski definition) is 1. The van der Waals surface area contributed by atoms with E-state index in [1.807, 2.05) is 6.92 Å². The van der Waals surface area contributed by atoms with Gasteiger partial charge in [0, 0.05) is 6.92 Å². The molecule has 19 heavy (non-hydrogen) atoms. The molecule has 106 valence electrons. The van der Waals surface area contributed by atoms with Gasteiger partial charge < -0.3 is 4.74 Å². The van der Waals surface area contributed by atoms with Crippen molar-refractivity contribution in [3.63, 3.8) is 0 Å². The van der Waals surface area contributed by atoms with E-state index < -0.39 is 11.7 Å². The van der Waals surface area contributed by atoms with Crippen molar-refractivity contribution in [1.29, 1.82) is 0 Å². The summed E-state index contributed by atoms with van der Waals surface area (Å²) in [6.07, 6.45) is 1.07. The summed E-state index contributed by atoms with van der Waals surface area (Å²) in [5, 5.41) is 2.97. The van der Waals surface area contributed by atoms with E-state index in [1.54, 1.807) is 20.8 Å². The quantitative estimate of drug-likeness (QED) is 0.857. The van der Waals surface area contributed by atoms with Gasteiger partial charge in [-0.3, -0.25) is 10.1 Å². The molecule has 0 unspecified atom stereocenters. The largest absolute Gasteiger partial charge is 0.444 e. The third-order valence-electron chi connectivity index (χ3n) is 2.11. The van der Waals surface area contributed by atoms with E-state index in [4.69, 9.17) is 4.74 Å². The Labute approximate surface area is 117 Å². The molecule has 5 nitrogen and oxygen atoms in total. The first kappa shape index (κ1) is 15.6. The second kappa shape index (κ2) is 6.14. The van der Waals surface area contributed by atoms with Gasteiger partial charge in [0.1, 0.15) is 5.60 Å². The lowest BCUT2D eigenvalue weighted by Crippen LogP contribution is -2.27. The van der Waals surface area contributed by atoms with Crippen molar-refractivity contribution in [2.24, 2.45) is 0 Å². The molecule has 0 aliphatic carbocycles. The van der Waals surface area contributed by atoms with Gasteiger partial charge in [0.25, 0.3) is 0 Å². The maximum absolute atomic E-state index is 11.6. The maximum atomic E-state index is 11.6. The fraction of sp³-hybridized carbons (Fsp3) is 0.615. The van der Waals surface area contributed by atoms with E-state index in [2.05, 4.69) is 10.3 Å². The minimum Gasteiger partial charge on any atom is -0.444 e. The van der Waals surface area contributed by atoms with Gasteiger partial charge in [-0.1, -0.05) is 24.7 Å². The normalized spacial score (nSPS) is 11.2. The van der Waals surface area contributed by atoms with Gasteiger partial charge >= 0.3 is 6.09 Å². The fourth-order valence-corrected chi connectivity index (χ4v) is 2.37. The van der Waals surface area contributed by atoms with Crippen LogP contribution >= 0.6 is 11.3 Å². The number of carbonyl (C=O) groups is 2. The van der Waals surface area contributed by atoms with Gasteiger partial charge in [0.05, 0.1) is 10.6 Å². The van der Waals surface area contributed by atoms with Gasteiger partial charge in [-0.25, -0.2) is 9.78 Å². The minimum absolute atomic E-state index is 0.0295. The van der Waals surface area contributed by atoms with Crippen molar-refractivity contribution in [2.75, 3.05) is 5.32 Å². The fourth-order valence-electron chi connectivity index (χ4n) is 1.48. The molecule has 1 amide bonds. The number of carbonyl (C=O) groups excluding carboxylic acids is 2. The summed E-state index contributed by atoms with van der Waals surface area (Å²) in [4.78, 5) is 28.0. The molecule has 1 aromatic rings. The van der Waals surface area contributed by atoms with E-state index in [9.17, 15) is 9.59 Å². The Hall–Kier alpha value is -1.43. The summed E-state index contributed by atoms with van der Waals surface area (Å²) >= 11 is 1.19. The molecule has 0 saturated carbocycles. The first-order chi connectivity index (χ1) is 8.73. The van der Waals surface area contributed by atoms with Crippen LogP contribution in [0, 0.1) is 0 Å². The monoisotopic (exact) mass is 284 g/mol. The van der Waals surface area contributed by atoms with Gasteiger partial charge in [-0.2, -0.15) is 0 Å². The minimum atomic E-state index is -0.559. The smallest absolute Gasteiger partial charge is 0.413 e. The molecule has 0 aliphatic rings. The molecule has 0 saturated heterocycles. The average Bonchev–Trinajstić information content (AvgIpc) is 2.58. The lowest BCUT2D eigenvalue weighted by atomic mass is 10.2. The number of anilines is 1. The molecule has 0 bridgehead atoms. The molecule has 0 atom stereocenters. The van der Waals surface area contributed by atoms with Gasteiger partial charge in [0.15, 0.2) is 10.9 Å².